The minimum atomic E-state index is 0.516. The molecular weight excluding hydrogens is 429 g/mol. The Morgan fingerprint density at radius 3 is 2.60 bits per heavy atom. The van der Waals surface area contributed by atoms with Crippen LogP contribution in [0.4, 0.5) is 5.82 Å². The first-order valence-corrected chi connectivity index (χ1v) is 7.88. The van der Waals surface area contributed by atoms with Crippen LogP contribution >= 0.6 is 38.5 Å². The van der Waals surface area contributed by atoms with Crippen molar-refractivity contribution in [3.63, 3.8) is 0 Å². The van der Waals surface area contributed by atoms with Gasteiger partial charge in [-0.15, -0.1) is 0 Å². The predicted molar refractivity (Wildman–Crippen MR) is 94.3 cm³/mol. The second-order valence-electron chi connectivity index (χ2n) is 4.35. The summed E-state index contributed by atoms with van der Waals surface area (Å²) in [6, 6.07) is 16.2. The number of nitrogens with zero attached hydrogens (tertiary/aromatic N) is 1. The number of anilines is 1. The van der Waals surface area contributed by atoms with Crippen LogP contribution in [0.1, 0.15) is 0 Å². The summed E-state index contributed by atoms with van der Waals surface area (Å²) in [6.45, 7) is 0. The van der Waals surface area contributed by atoms with Crippen molar-refractivity contribution in [1.29, 1.82) is 0 Å². The highest BCUT2D eigenvalue weighted by Gasteiger charge is 2.16. The summed E-state index contributed by atoms with van der Waals surface area (Å²) in [6.07, 6.45) is 0. The van der Waals surface area contributed by atoms with E-state index in [1.54, 1.807) is 0 Å². The van der Waals surface area contributed by atoms with Gasteiger partial charge in [-0.25, -0.2) is 0 Å². The maximum absolute atomic E-state index is 6.04. The second-order valence-corrected chi connectivity index (χ2v) is 6.43. The average Bonchev–Trinajstić information content (AvgIpc) is 2.84. The van der Waals surface area contributed by atoms with Crippen molar-refractivity contribution in [2.24, 2.45) is 0 Å². The van der Waals surface area contributed by atoms with Crippen LogP contribution in [0.25, 0.3) is 22.4 Å². The molecule has 0 unspecified atom stereocenters. The number of aromatic amines is 1. The molecule has 0 bridgehead atoms. The highest BCUT2D eigenvalue weighted by atomic mass is 127. The third-order valence-electron chi connectivity index (χ3n) is 3.05. The Balaban J connectivity index is 2.24. The quantitative estimate of drug-likeness (QED) is 0.569. The van der Waals surface area contributed by atoms with Crippen LogP contribution in [0.5, 0.6) is 0 Å². The van der Waals surface area contributed by atoms with Gasteiger partial charge in [0.2, 0.25) is 0 Å². The Bertz CT molecular complexity index is 753. The van der Waals surface area contributed by atoms with Crippen molar-refractivity contribution in [3.8, 4) is 22.4 Å². The van der Waals surface area contributed by atoms with Gasteiger partial charge in [0.15, 0.2) is 5.82 Å². The zero-order valence-corrected chi connectivity index (χ0v) is 14.1. The van der Waals surface area contributed by atoms with Crippen LogP contribution in [-0.4, -0.2) is 10.2 Å². The van der Waals surface area contributed by atoms with Crippen LogP contribution in [0, 0.1) is 3.57 Å². The first kappa shape index (κ1) is 13.6. The average molecular weight is 440 g/mol. The molecule has 0 atom stereocenters. The molecule has 2 aromatic carbocycles. The lowest BCUT2D eigenvalue weighted by Crippen LogP contribution is -1.90. The van der Waals surface area contributed by atoms with E-state index in [0.717, 1.165) is 30.4 Å². The molecule has 0 saturated carbocycles. The molecule has 0 aliphatic rings. The number of nitrogens with two attached hydrogens (primary N) is 1. The molecule has 20 heavy (non-hydrogen) atoms. The molecule has 100 valence electrons. The first-order chi connectivity index (χ1) is 9.66. The lowest BCUT2D eigenvalue weighted by Gasteiger charge is -2.07. The fourth-order valence-corrected chi connectivity index (χ4v) is 3.10. The summed E-state index contributed by atoms with van der Waals surface area (Å²) >= 11 is 5.83. The number of benzene rings is 2. The third-order valence-corrected chi connectivity index (χ3v) is 4.49. The molecule has 1 aromatic heterocycles. The topological polar surface area (TPSA) is 54.7 Å². The molecule has 0 amide bonds. The Kier molecular flexibility index (Phi) is 3.80. The molecule has 3 rings (SSSR count). The fourth-order valence-electron chi connectivity index (χ4n) is 2.14. The van der Waals surface area contributed by atoms with Gasteiger partial charge in [0.1, 0.15) is 0 Å². The van der Waals surface area contributed by atoms with Crippen LogP contribution in [0.15, 0.2) is 53.0 Å². The number of aromatic nitrogens is 2. The molecule has 0 fully saturated rings. The smallest absolute Gasteiger partial charge is 0.153 e. The molecular formula is C15H11BrIN3. The minimum absolute atomic E-state index is 0.516. The third kappa shape index (κ3) is 2.47. The zero-order valence-electron chi connectivity index (χ0n) is 10.4. The molecule has 0 spiro atoms. The van der Waals surface area contributed by atoms with E-state index < -0.39 is 0 Å². The molecule has 1 heterocycles. The van der Waals surface area contributed by atoms with E-state index in [-0.39, 0.29) is 0 Å². The first-order valence-electron chi connectivity index (χ1n) is 6.01. The second kappa shape index (κ2) is 5.57. The summed E-state index contributed by atoms with van der Waals surface area (Å²) < 4.78 is 2.17. The van der Waals surface area contributed by atoms with E-state index >= 15 is 0 Å². The Morgan fingerprint density at radius 2 is 1.85 bits per heavy atom. The summed E-state index contributed by atoms with van der Waals surface area (Å²) in [4.78, 5) is 0. The molecule has 3 nitrogen and oxygen atoms in total. The number of rotatable bonds is 2. The van der Waals surface area contributed by atoms with Crippen LogP contribution < -0.4 is 5.73 Å². The lowest BCUT2D eigenvalue weighted by atomic mass is 10.0. The standard InChI is InChI=1S/C15H11BrIN3/c16-10-6-7-12(17)11(8-10)14-13(15(18)20-19-14)9-4-2-1-3-5-9/h1-8H,(H3,18,19,20). The van der Waals surface area contributed by atoms with Crippen molar-refractivity contribution >= 4 is 44.3 Å². The van der Waals surface area contributed by atoms with Gasteiger partial charge >= 0.3 is 0 Å². The highest BCUT2D eigenvalue weighted by molar-refractivity contribution is 14.1. The SMILES string of the molecule is Nc1n[nH]c(-c2cc(Br)ccc2I)c1-c1ccccc1. The maximum Gasteiger partial charge on any atom is 0.153 e. The molecule has 5 heteroatoms. The molecule has 0 aliphatic carbocycles. The van der Waals surface area contributed by atoms with Gasteiger partial charge in [-0.3, -0.25) is 5.10 Å². The van der Waals surface area contributed by atoms with Gasteiger partial charge in [-0.2, -0.15) is 5.10 Å². The van der Waals surface area contributed by atoms with E-state index in [4.69, 9.17) is 5.73 Å². The summed E-state index contributed by atoms with van der Waals surface area (Å²) in [5, 5.41) is 7.23. The molecule has 0 radical (unpaired) electrons. The summed E-state index contributed by atoms with van der Waals surface area (Å²) in [5.41, 5.74) is 10.1. The summed E-state index contributed by atoms with van der Waals surface area (Å²) in [7, 11) is 0. The lowest BCUT2D eigenvalue weighted by molar-refractivity contribution is 1.10. The Labute approximate surface area is 138 Å². The van der Waals surface area contributed by atoms with Crippen LogP contribution in [0.3, 0.4) is 0 Å². The normalized spacial score (nSPS) is 10.7. The molecule has 0 aliphatic heterocycles. The largest absolute Gasteiger partial charge is 0.382 e. The fraction of sp³-hybridized carbons (Fsp3) is 0. The number of hydrogen-bond acceptors (Lipinski definition) is 2. The monoisotopic (exact) mass is 439 g/mol. The van der Waals surface area contributed by atoms with E-state index in [2.05, 4.69) is 60.9 Å². The predicted octanol–water partition coefficient (Wildman–Crippen LogP) is 4.69. The summed E-state index contributed by atoms with van der Waals surface area (Å²) in [5.74, 6) is 0.516. The number of nitrogen functional groups attached to an aromatic ring is 1. The van der Waals surface area contributed by atoms with E-state index in [1.165, 1.54) is 0 Å². The number of hydrogen-bond donors (Lipinski definition) is 2. The molecule has 0 saturated heterocycles. The van der Waals surface area contributed by atoms with Gasteiger partial charge < -0.3 is 5.73 Å². The van der Waals surface area contributed by atoms with Gasteiger partial charge in [0.05, 0.1) is 11.3 Å². The van der Waals surface area contributed by atoms with Crippen molar-refractivity contribution in [3.05, 3.63) is 56.6 Å². The van der Waals surface area contributed by atoms with Gasteiger partial charge in [0.25, 0.3) is 0 Å². The number of H-pyrrole nitrogens is 1. The van der Waals surface area contributed by atoms with Crippen molar-refractivity contribution in [1.82, 2.24) is 10.2 Å². The Morgan fingerprint density at radius 1 is 1.10 bits per heavy atom. The van der Waals surface area contributed by atoms with Gasteiger partial charge in [-0.1, -0.05) is 46.3 Å². The number of nitrogens with one attached hydrogen (secondary N) is 1. The Hall–Kier alpha value is -1.34. The van der Waals surface area contributed by atoms with Gasteiger partial charge in [-0.05, 0) is 46.4 Å². The van der Waals surface area contributed by atoms with Crippen molar-refractivity contribution in [2.45, 2.75) is 0 Å². The maximum atomic E-state index is 6.04. The molecule has 3 N–H and O–H groups in total. The van der Waals surface area contributed by atoms with E-state index in [0.29, 0.717) is 5.82 Å². The zero-order chi connectivity index (χ0) is 14.1. The van der Waals surface area contributed by atoms with Crippen LogP contribution in [0.2, 0.25) is 0 Å². The van der Waals surface area contributed by atoms with Crippen LogP contribution in [-0.2, 0) is 0 Å². The molecule has 3 aromatic rings. The van der Waals surface area contributed by atoms with E-state index in [1.807, 2.05) is 36.4 Å². The highest BCUT2D eigenvalue weighted by Crippen LogP contribution is 2.37. The van der Waals surface area contributed by atoms with Gasteiger partial charge in [0, 0.05) is 13.6 Å². The number of halogens is 2. The minimum Gasteiger partial charge on any atom is -0.382 e. The van der Waals surface area contributed by atoms with Crippen molar-refractivity contribution < 1.29 is 0 Å². The van der Waals surface area contributed by atoms with E-state index in [9.17, 15) is 0 Å². The van der Waals surface area contributed by atoms with Crippen molar-refractivity contribution in [2.75, 3.05) is 5.73 Å².